The van der Waals surface area contributed by atoms with Gasteiger partial charge in [0.1, 0.15) is 15.7 Å². The molecule has 2 aromatic rings. The predicted molar refractivity (Wildman–Crippen MR) is 149 cm³/mol. The highest BCUT2D eigenvalue weighted by Gasteiger charge is 2.35. The van der Waals surface area contributed by atoms with Crippen molar-refractivity contribution in [3.63, 3.8) is 0 Å². The minimum atomic E-state index is -4.83. The van der Waals surface area contributed by atoms with E-state index in [1.165, 1.54) is 29.2 Å². The molecule has 2 heterocycles. The van der Waals surface area contributed by atoms with Crippen LogP contribution in [0, 0.1) is 5.82 Å². The zero-order valence-corrected chi connectivity index (χ0v) is 24.2. The normalized spacial score (nSPS) is 16.8. The fourth-order valence-electron chi connectivity index (χ4n) is 3.51. The molecule has 1 fully saturated rings. The summed E-state index contributed by atoms with van der Waals surface area (Å²) in [5, 5.41) is 14.2. The number of thioether (sulfide) groups is 1. The molecule has 14 heteroatoms. The van der Waals surface area contributed by atoms with E-state index in [1.54, 1.807) is 38.3 Å². The Kier molecular flexibility index (Phi) is 9.81. The molecule has 216 valence electrons. The molecule has 1 aromatic carbocycles. The molecule has 0 aliphatic carbocycles. The zero-order chi connectivity index (χ0) is 30.0. The number of alkyl halides is 3. The van der Waals surface area contributed by atoms with Crippen molar-refractivity contribution in [2.45, 2.75) is 58.0 Å². The highest BCUT2D eigenvalue weighted by molar-refractivity contribution is 8.26. The Bertz CT molecular complexity index is 1350. The first-order chi connectivity index (χ1) is 18.5. The van der Waals surface area contributed by atoms with Crippen molar-refractivity contribution in [2.24, 2.45) is 0 Å². The predicted octanol–water partition coefficient (Wildman–Crippen LogP) is 5.37. The van der Waals surface area contributed by atoms with Gasteiger partial charge in [-0.3, -0.25) is 14.5 Å². The molecule has 1 saturated heterocycles. The van der Waals surface area contributed by atoms with Gasteiger partial charge in [-0.25, -0.2) is 9.18 Å². The average molecular weight is 619 g/mol. The number of nitrogens with zero attached hydrogens (tertiary/aromatic N) is 1. The van der Waals surface area contributed by atoms with Crippen molar-refractivity contribution in [3.8, 4) is 11.1 Å². The smallest absolute Gasteiger partial charge is 0.419 e. The third kappa shape index (κ3) is 8.12. The number of amides is 2. The van der Waals surface area contributed by atoms with Crippen LogP contribution in [0.1, 0.15) is 44.6 Å². The summed E-state index contributed by atoms with van der Waals surface area (Å²) >= 11 is 7.47. The first-order valence-electron chi connectivity index (χ1n) is 11.9. The molecule has 1 aliphatic heterocycles. The molecule has 40 heavy (non-hydrogen) atoms. The number of ether oxygens (including phenoxy) is 1. The van der Waals surface area contributed by atoms with Gasteiger partial charge < -0.3 is 15.2 Å². The highest BCUT2D eigenvalue weighted by atomic mass is 32.2. The molecule has 0 unspecified atom stereocenters. The van der Waals surface area contributed by atoms with E-state index in [0.29, 0.717) is 10.4 Å². The van der Waals surface area contributed by atoms with Gasteiger partial charge in [0, 0.05) is 17.8 Å². The maximum absolute atomic E-state index is 13.6. The molecule has 2 atom stereocenters. The zero-order valence-electron chi connectivity index (χ0n) is 21.8. The van der Waals surface area contributed by atoms with Crippen LogP contribution in [-0.4, -0.2) is 56.4 Å². The number of hydrogen-bond acceptors (Lipinski definition) is 8. The quantitative estimate of drug-likeness (QED) is 0.178. The van der Waals surface area contributed by atoms with Gasteiger partial charge >= 0.3 is 12.1 Å². The Labute approximate surface area is 241 Å². The van der Waals surface area contributed by atoms with Crippen LogP contribution < -0.4 is 5.32 Å². The van der Waals surface area contributed by atoms with Crippen molar-refractivity contribution in [3.05, 3.63) is 50.8 Å². The van der Waals surface area contributed by atoms with Crippen LogP contribution in [0.2, 0.25) is 0 Å². The molecule has 2 N–H and O–H groups in total. The number of nitrogens with one attached hydrogen (secondary N) is 1. The summed E-state index contributed by atoms with van der Waals surface area (Å²) < 4.78 is 58.2. The van der Waals surface area contributed by atoms with Gasteiger partial charge in [0.05, 0.1) is 16.5 Å². The summed E-state index contributed by atoms with van der Waals surface area (Å²) in [7, 11) is 0. The lowest BCUT2D eigenvalue weighted by Gasteiger charge is -2.25. The molecule has 0 saturated carbocycles. The first-order valence-corrected chi connectivity index (χ1v) is 14.0. The molecule has 0 bridgehead atoms. The lowest BCUT2D eigenvalue weighted by molar-refractivity contribution is -0.166. The van der Waals surface area contributed by atoms with Gasteiger partial charge in [0.25, 0.3) is 5.91 Å². The van der Waals surface area contributed by atoms with Gasteiger partial charge in [-0.05, 0) is 68.5 Å². The summed E-state index contributed by atoms with van der Waals surface area (Å²) in [6, 6.07) is 3.38. The molecular formula is C26H26F4N2O5S3. The van der Waals surface area contributed by atoms with Crippen LogP contribution in [-0.2, 0) is 25.3 Å². The number of thiocarbonyl (C=S) groups is 1. The molecular weight excluding hydrogens is 592 g/mol. The number of halogens is 4. The number of hydrogen-bond donors (Lipinski definition) is 2. The minimum absolute atomic E-state index is 0.0470. The number of aliphatic hydroxyl groups excluding tert-OH is 1. The second-order valence-corrected chi connectivity index (χ2v) is 12.5. The Morgan fingerprint density at radius 2 is 1.88 bits per heavy atom. The number of carbonyl (C=O) groups is 3. The number of thiophene rings is 1. The second kappa shape index (κ2) is 12.4. The topological polar surface area (TPSA) is 95.9 Å². The fraction of sp³-hybridized carbons (Fsp3) is 0.385. The Morgan fingerprint density at radius 3 is 2.50 bits per heavy atom. The molecule has 1 aliphatic rings. The van der Waals surface area contributed by atoms with Crippen molar-refractivity contribution < 1.29 is 41.8 Å². The molecule has 3 rings (SSSR count). The largest absolute Gasteiger partial charge is 0.458 e. The van der Waals surface area contributed by atoms with Gasteiger partial charge in [0.15, 0.2) is 6.10 Å². The Hall–Kier alpha value is -2.81. The molecule has 0 spiro atoms. The van der Waals surface area contributed by atoms with Gasteiger partial charge in [0.2, 0.25) is 5.91 Å². The molecule has 1 aromatic heterocycles. The van der Waals surface area contributed by atoms with E-state index in [-0.39, 0.29) is 27.8 Å². The van der Waals surface area contributed by atoms with E-state index in [2.05, 4.69) is 5.32 Å². The number of rotatable bonds is 8. The van der Waals surface area contributed by atoms with E-state index in [1.807, 2.05) is 0 Å². The monoisotopic (exact) mass is 618 g/mol. The lowest BCUT2D eigenvalue weighted by Crippen LogP contribution is -2.47. The van der Waals surface area contributed by atoms with Crippen molar-refractivity contribution >= 4 is 63.5 Å². The third-order valence-electron chi connectivity index (χ3n) is 5.44. The fourth-order valence-corrected chi connectivity index (χ4v) is 5.73. The van der Waals surface area contributed by atoms with E-state index in [4.69, 9.17) is 17.0 Å². The number of carbonyl (C=O) groups excluding carboxylic acids is 3. The average Bonchev–Trinajstić information content (AvgIpc) is 3.39. The van der Waals surface area contributed by atoms with Crippen LogP contribution in [0.4, 0.5) is 17.6 Å². The van der Waals surface area contributed by atoms with Crippen molar-refractivity contribution in [1.29, 1.82) is 0 Å². The van der Waals surface area contributed by atoms with Crippen LogP contribution in [0.5, 0.6) is 0 Å². The molecule has 0 radical (unpaired) electrons. The van der Waals surface area contributed by atoms with E-state index >= 15 is 0 Å². The standard InChI is InChI=1S/C26H26F4N2O5S3/c1-13(21(34)23(36)37-25(2,3)4)31-20(33)7-8-32-22(35)19(40-24(32)38)11-16-9-15(12-39-16)14-5-6-18(27)17(10-14)26(28,29)30/h5-6,9-13,21,34H,7-8H2,1-4H3,(H,31,33)/t13-,21-/m0/s1. The van der Waals surface area contributed by atoms with Crippen LogP contribution in [0.15, 0.2) is 34.6 Å². The maximum Gasteiger partial charge on any atom is 0.419 e. The molecule has 2 amide bonds. The highest BCUT2D eigenvalue weighted by Crippen LogP contribution is 2.37. The lowest BCUT2D eigenvalue weighted by atomic mass is 10.0. The van der Waals surface area contributed by atoms with E-state index < -0.39 is 53.1 Å². The minimum Gasteiger partial charge on any atom is -0.458 e. The van der Waals surface area contributed by atoms with Crippen molar-refractivity contribution in [1.82, 2.24) is 10.2 Å². The van der Waals surface area contributed by atoms with Gasteiger partial charge in [-0.2, -0.15) is 13.2 Å². The summed E-state index contributed by atoms with van der Waals surface area (Å²) in [6.07, 6.45) is -5.02. The maximum atomic E-state index is 13.6. The first kappa shape index (κ1) is 31.7. The number of benzene rings is 1. The summed E-state index contributed by atoms with van der Waals surface area (Å²) in [4.78, 5) is 39.4. The van der Waals surface area contributed by atoms with Gasteiger partial charge in [-0.15, -0.1) is 11.3 Å². The SMILES string of the molecule is C[C@H](NC(=O)CCN1C(=O)C(=Cc2cc(-c3ccc(F)c(C(F)(F)F)c3)cs2)SC1=S)[C@H](O)C(=O)OC(C)(C)C. The van der Waals surface area contributed by atoms with Crippen LogP contribution in [0.3, 0.4) is 0 Å². The van der Waals surface area contributed by atoms with E-state index in [9.17, 15) is 37.1 Å². The van der Waals surface area contributed by atoms with Crippen LogP contribution >= 0.6 is 35.3 Å². The summed E-state index contributed by atoms with van der Waals surface area (Å²) in [6.45, 7) is 6.34. The van der Waals surface area contributed by atoms with Gasteiger partial charge in [-0.1, -0.05) is 30.0 Å². The van der Waals surface area contributed by atoms with Crippen LogP contribution in [0.25, 0.3) is 17.2 Å². The summed E-state index contributed by atoms with van der Waals surface area (Å²) in [5.41, 5.74) is -1.57. The third-order valence-corrected chi connectivity index (χ3v) is 7.70. The molecule has 7 nitrogen and oxygen atoms in total. The van der Waals surface area contributed by atoms with Crippen molar-refractivity contribution in [2.75, 3.05) is 6.54 Å². The van der Waals surface area contributed by atoms with E-state index in [0.717, 1.165) is 23.9 Å². The number of esters is 1. The second-order valence-electron chi connectivity index (χ2n) is 9.85. The summed E-state index contributed by atoms with van der Waals surface area (Å²) in [5.74, 6) is -3.20. The Morgan fingerprint density at radius 1 is 1.20 bits per heavy atom. The Balaban J connectivity index is 1.61. The number of aliphatic hydroxyl groups is 1.